The molecule has 0 spiro atoms. The van der Waals surface area contributed by atoms with Crippen molar-refractivity contribution in [2.75, 3.05) is 13.1 Å². The van der Waals surface area contributed by atoms with Crippen LogP contribution in [0.15, 0.2) is 5.11 Å². The van der Waals surface area contributed by atoms with Crippen LogP contribution in [0.1, 0.15) is 52.4 Å². The maximum atomic E-state index is 12.1. The van der Waals surface area contributed by atoms with Crippen LogP contribution in [0.25, 0.3) is 10.4 Å². The molecule has 1 N–H and O–H groups in total. The number of carbonyl (C=O) groups excluding carboxylic acids is 2. The highest BCUT2D eigenvalue weighted by Gasteiger charge is 2.40. The molecule has 0 aliphatic heterocycles. The minimum absolute atomic E-state index is 0.121. The van der Waals surface area contributed by atoms with Crippen LogP contribution >= 0.6 is 0 Å². The third-order valence-electron chi connectivity index (χ3n) is 4.12. The molecule has 1 fully saturated rings. The summed E-state index contributed by atoms with van der Waals surface area (Å²) in [5, 5.41) is 14.2. The topological polar surface area (TPSA) is 106 Å². The van der Waals surface area contributed by atoms with Crippen LogP contribution in [-0.2, 0) is 9.59 Å². The molecule has 7 nitrogen and oxygen atoms in total. The molecule has 0 radical (unpaired) electrons. The van der Waals surface area contributed by atoms with E-state index in [2.05, 4.69) is 10.0 Å². The lowest BCUT2D eigenvalue weighted by molar-refractivity contribution is -0.137. The molecule has 0 bridgehead atoms. The van der Waals surface area contributed by atoms with Crippen LogP contribution in [0, 0.1) is 0 Å². The summed E-state index contributed by atoms with van der Waals surface area (Å²) in [6, 6.07) is -0.580. The van der Waals surface area contributed by atoms with Gasteiger partial charge >= 0.3 is 0 Å². The average Bonchev–Trinajstić information content (AvgIpc) is 2.42. The molecule has 0 saturated heterocycles. The van der Waals surface area contributed by atoms with Gasteiger partial charge in [0.15, 0.2) is 0 Å². The Morgan fingerprint density at radius 3 is 2.62 bits per heavy atom. The summed E-state index contributed by atoms with van der Waals surface area (Å²) in [5.41, 5.74) is 7.27. The average molecular weight is 296 g/mol. The maximum Gasteiger partial charge on any atom is 0.229 e. The fourth-order valence-electron chi connectivity index (χ4n) is 2.90. The highest BCUT2D eigenvalue weighted by molar-refractivity contribution is 5.98. The van der Waals surface area contributed by atoms with E-state index in [0.29, 0.717) is 25.9 Å². The lowest BCUT2D eigenvalue weighted by atomic mass is 9.77. The van der Waals surface area contributed by atoms with Crippen molar-refractivity contribution in [1.29, 1.82) is 0 Å². The number of hydrogen-bond acceptors (Lipinski definition) is 4. The largest absolute Gasteiger partial charge is 0.389 e. The Labute approximate surface area is 124 Å². The molecular weight excluding hydrogens is 272 g/mol. The second-order valence-electron chi connectivity index (χ2n) is 5.53. The Morgan fingerprint density at radius 2 is 2.05 bits per heavy atom. The summed E-state index contributed by atoms with van der Waals surface area (Å²) < 4.78 is 0. The van der Waals surface area contributed by atoms with Gasteiger partial charge in [-0.25, -0.2) is 0 Å². The molecule has 1 aliphatic carbocycles. The van der Waals surface area contributed by atoms with Crippen molar-refractivity contribution >= 4 is 11.7 Å². The van der Waals surface area contributed by atoms with Crippen molar-refractivity contribution in [1.82, 2.24) is 4.90 Å². The van der Waals surface area contributed by atoms with Crippen molar-refractivity contribution in [2.45, 2.75) is 64.0 Å². The van der Waals surface area contributed by atoms with Crippen molar-refractivity contribution in [3.05, 3.63) is 10.4 Å². The maximum absolute atomic E-state index is 12.1. The summed E-state index contributed by atoms with van der Waals surface area (Å²) in [4.78, 5) is 28.3. The first-order valence-corrected chi connectivity index (χ1v) is 7.53. The second-order valence-corrected chi connectivity index (χ2v) is 5.53. The van der Waals surface area contributed by atoms with E-state index in [1.54, 1.807) is 4.90 Å². The number of hydrogen-bond donors (Lipinski definition) is 1. The molecule has 0 aromatic rings. The molecule has 7 heteroatoms. The molecule has 1 aliphatic rings. The number of Topliss-reactive ketones (excluding diaryl/α,β-unsaturated/α-hetero) is 1. The van der Waals surface area contributed by atoms with Gasteiger partial charge in [-0.3, -0.25) is 9.59 Å². The number of amides is 1. The minimum Gasteiger partial charge on any atom is -0.389 e. The Balaban J connectivity index is 2.67. The van der Waals surface area contributed by atoms with Gasteiger partial charge in [-0.1, -0.05) is 18.0 Å². The van der Waals surface area contributed by atoms with Gasteiger partial charge in [-0.2, -0.15) is 0 Å². The number of azide groups is 1. The summed E-state index contributed by atoms with van der Waals surface area (Å²) in [6.07, 6.45) is 2.36. The molecule has 21 heavy (non-hydrogen) atoms. The first-order chi connectivity index (χ1) is 9.96. The lowest BCUT2D eigenvalue weighted by Gasteiger charge is -2.37. The second kappa shape index (κ2) is 8.00. The van der Waals surface area contributed by atoms with Crippen molar-refractivity contribution in [2.24, 2.45) is 5.11 Å². The summed E-state index contributed by atoms with van der Waals surface area (Å²) in [5.74, 6) is -0.515. The number of ketones is 1. The van der Waals surface area contributed by atoms with Gasteiger partial charge in [0.25, 0.3) is 0 Å². The van der Waals surface area contributed by atoms with Gasteiger partial charge in [-0.15, -0.1) is 0 Å². The van der Waals surface area contributed by atoms with Crippen molar-refractivity contribution in [3.63, 3.8) is 0 Å². The first kappa shape index (κ1) is 17.5. The van der Waals surface area contributed by atoms with Crippen LogP contribution in [0.3, 0.4) is 0 Å². The van der Waals surface area contributed by atoms with E-state index in [1.165, 1.54) is 0 Å². The van der Waals surface area contributed by atoms with Gasteiger partial charge in [0, 0.05) is 24.4 Å². The van der Waals surface area contributed by atoms with E-state index in [1.807, 2.05) is 13.8 Å². The Kier molecular flexibility index (Phi) is 6.65. The molecule has 0 aromatic carbocycles. The normalized spacial score (nSPS) is 25.0. The van der Waals surface area contributed by atoms with Crippen LogP contribution in [0.2, 0.25) is 0 Å². The molecule has 1 amide bonds. The summed E-state index contributed by atoms with van der Waals surface area (Å²) in [7, 11) is 0. The number of rotatable bonds is 7. The molecule has 0 heterocycles. The minimum atomic E-state index is -1.30. The number of aliphatic hydroxyl groups is 1. The number of nitrogens with zero attached hydrogens (tertiary/aromatic N) is 4. The van der Waals surface area contributed by atoms with E-state index in [4.69, 9.17) is 5.53 Å². The van der Waals surface area contributed by atoms with Crippen LogP contribution in [0.5, 0.6) is 0 Å². The monoisotopic (exact) mass is 296 g/mol. The van der Waals surface area contributed by atoms with Crippen LogP contribution < -0.4 is 0 Å². The molecule has 2 unspecified atom stereocenters. The fourth-order valence-corrected chi connectivity index (χ4v) is 2.90. The Hall–Kier alpha value is -1.59. The summed E-state index contributed by atoms with van der Waals surface area (Å²) >= 11 is 0. The van der Waals surface area contributed by atoms with Gasteiger partial charge in [0.2, 0.25) is 5.91 Å². The summed E-state index contributed by atoms with van der Waals surface area (Å²) in [6.45, 7) is 4.85. The van der Waals surface area contributed by atoms with E-state index in [0.717, 1.165) is 12.8 Å². The van der Waals surface area contributed by atoms with E-state index in [9.17, 15) is 14.7 Å². The first-order valence-electron chi connectivity index (χ1n) is 7.53. The van der Waals surface area contributed by atoms with E-state index in [-0.39, 0.29) is 24.5 Å². The van der Waals surface area contributed by atoms with Gasteiger partial charge < -0.3 is 10.0 Å². The highest BCUT2D eigenvalue weighted by atomic mass is 16.3. The van der Waals surface area contributed by atoms with Crippen LogP contribution in [-0.4, -0.2) is 46.4 Å². The van der Waals surface area contributed by atoms with Crippen molar-refractivity contribution < 1.29 is 14.7 Å². The zero-order valence-corrected chi connectivity index (χ0v) is 12.8. The fraction of sp³-hybridized carbons (Fsp3) is 0.857. The van der Waals surface area contributed by atoms with E-state index < -0.39 is 11.6 Å². The SMILES string of the molecule is CCN(CC)C(=O)CC(=O)CC1(O)CCCCC1N=[N+]=[N-]. The molecule has 118 valence electrons. The zero-order valence-electron chi connectivity index (χ0n) is 12.8. The smallest absolute Gasteiger partial charge is 0.229 e. The molecule has 2 atom stereocenters. The predicted octanol–water partition coefficient (Wildman–Crippen LogP) is 2.19. The highest BCUT2D eigenvalue weighted by Crippen LogP contribution is 2.34. The van der Waals surface area contributed by atoms with E-state index >= 15 is 0 Å². The molecule has 0 aromatic heterocycles. The molecule has 1 rings (SSSR count). The zero-order chi connectivity index (χ0) is 15.9. The van der Waals surface area contributed by atoms with Gasteiger partial charge in [0.1, 0.15) is 5.78 Å². The quantitative estimate of drug-likeness (QED) is 0.337. The molecule has 1 saturated carbocycles. The Morgan fingerprint density at radius 1 is 1.38 bits per heavy atom. The van der Waals surface area contributed by atoms with Crippen molar-refractivity contribution in [3.8, 4) is 0 Å². The third kappa shape index (κ3) is 4.72. The standard InChI is InChI=1S/C14H24N4O3/c1-3-18(4-2)13(20)9-11(19)10-14(21)8-6-5-7-12(14)16-17-15/h12,21H,3-10H2,1-2H3. The number of carbonyl (C=O) groups is 2. The predicted molar refractivity (Wildman–Crippen MR) is 78.5 cm³/mol. The Bertz CT molecular complexity index is 430. The third-order valence-corrected chi connectivity index (χ3v) is 4.12. The van der Waals surface area contributed by atoms with Crippen LogP contribution in [0.4, 0.5) is 0 Å². The van der Waals surface area contributed by atoms with Gasteiger partial charge in [0.05, 0.1) is 18.1 Å². The van der Waals surface area contributed by atoms with Gasteiger partial charge in [-0.05, 0) is 32.2 Å². The lowest BCUT2D eigenvalue weighted by Crippen LogP contribution is -2.46. The molecular formula is C14H24N4O3.